The van der Waals surface area contributed by atoms with Crippen LogP contribution < -0.4 is 0 Å². The van der Waals surface area contributed by atoms with Crippen molar-refractivity contribution in [2.45, 2.75) is 19.5 Å². The second-order valence-corrected chi connectivity index (χ2v) is 6.34. The Morgan fingerprint density at radius 1 is 1.29 bits per heavy atom. The Labute approximate surface area is 140 Å². The van der Waals surface area contributed by atoms with Gasteiger partial charge in [-0.15, -0.1) is 0 Å². The van der Waals surface area contributed by atoms with Gasteiger partial charge in [0.15, 0.2) is 5.69 Å². The van der Waals surface area contributed by atoms with Crippen LogP contribution >= 0.6 is 0 Å². The Bertz CT molecular complexity index is 717. The number of nitrogens with zero attached hydrogens (tertiary/aromatic N) is 4. The van der Waals surface area contributed by atoms with Gasteiger partial charge in [-0.05, 0) is 18.6 Å². The zero-order valence-corrected chi connectivity index (χ0v) is 13.9. The van der Waals surface area contributed by atoms with Crippen LogP contribution in [0.25, 0.3) is 0 Å². The van der Waals surface area contributed by atoms with Gasteiger partial charge in [0.25, 0.3) is 5.91 Å². The number of fused-ring (bicyclic) bond motifs is 1. The first-order valence-corrected chi connectivity index (χ1v) is 8.39. The van der Waals surface area contributed by atoms with E-state index >= 15 is 0 Å². The van der Waals surface area contributed by atoms with Crippen molar-refractivity contribution in [3.8, 4) is 0 Å². The van der Waals surface area contributed by atoms with Gasteiger partial charge in [-0.3, -0.25) is 14.4 Å². The van der Waals surface area contributed by atoms with Crippen molar-refractivity contribution >= 4 is 5.91 Å². The largest absolute Gasteiger partial charge is 0.468 e. The molecule has 2 aliphatic rings. The monoisotopic (exact) mass is 330 g/mol. The lowest BCUT2D eigenvalue weighted by Gasteiger charge is -2.28. The fourth-order valence-electron chi connectivity index (χ4n) is 3.47. The van der Waals surface area contributed by atoms with Gasteiger partial charge in [0.05, 0.1) is 31.7 Å². The normalized spacial score (nSPS) is 18.6. The molecule has 0 unspecified atom stereocenters. The van der Waals surface area contributed by atoms with E-state index < -0.39 is 0 Å². The van der Waals surface area contributed by atoms with Crippen LogP contribution in [0.4, 0.5) is 0 Å². The average Bonchev–Trinajstić information content (AvgIpc) is 3.23. The molecule has 1 saturated heterocycles. The van der Waals surface area contributed by atoms with E-state index in [2.05, 4.69) is 10.00 Å². The summed E-state index contributed by atoms with van der Waals surface area (Å²) in [6.07, 6.45) is 2.54. The van der Waals surface area contributed by atoms with E-state index in [1.165, 1.54) is 0 Å². The van der Waals surface area contributed by atoms with Gasteiger partial charge in [0.1, 0.15) is 5.76 Å². The van der Waals surface area contributed by atoms with Crippen molar-refractivity contribution in [3.05, 3.63) is 41.1 Å². The highest BCUT2D eigenvalue weighted by molar-refractivity contribution is 5.94. The van der Waals surface area contributed by atoms with Crippen molar-refractivity contribution in [2.75, 3.05) is 32.8 Å². The number of morpholine rings is 1. The molecule has 4 heterocycles. The van der Waals surface area contributed by atoms with E-state index in [4.69, 9.17) is 9.15 Å². The van der Waals surface area contributed by atoms with Crippen molar-refractivity contribution in [3.63, 3.8) is 0 Å². The smallest absolute Gasteiger partial charge is 0.274 e. The van der Waals surface area contributed by atoms with Crippen LogP contribution in [0.15, 0.2) is 22.8 Å². The summed E-state index contributed by atoms with van der Waals surface area (Å²) < 4.78 is 12.6. The SMILES string of the molecule is Cn1nc(C(=O)N2CCOCC2)c2c1CN(Cc1ccco1)CC2. The molecular weight excluding hydrogens is 308 g/mol. The fraction of sp³-hybridized carbons (Fsp3) is 0.529. The molecule has 1 amide bonds. The molecular formula is C17H22N4O3. The molecule has 0 spiro atoms. The van der Waals surface area contributed by atoms with Crippen LogP contribution in [0, 0.1) is 0 Å². The maximum atomic E-state index is 12.8. The summed E-state index contributed by atoms with van der Waals surface area (Å²) in [6, 6.07) is 3.90. The molecule has 0 aliphatic carbocycles. The number of carbonyl (C=O) groups excluding carboxylic acids is 1. The van der Waals surface area contributed by atoms with Crippen molar-refractivity contribution in [1.82, 2.24) is 19.6 Å². The predicted molar refractivity (Wildman–Crippen MR) is 86.5 cm³/mol. The van der Waals surface area contributed by atoms with Crippen LogP contribution in [0.5, 0.6) is 0 Å². The Balaban J connectivity index is 1.52. The third-order valence-electron chi connectivity index (χ3n) is 4.79. The summed E-state index contributed by atoms with van der Waals surface area (Å²) in [5, 5.41) is 4.53. The maximum Gasteiger partial charge on any atom is 0.274 e. The summed E-state index contributed by atoms with van der Waals surface area (Å²) in [7, 11) is 1.92. The van der Waals surface area contributed by atoms with Crippen molar-refractivity contribution < 1.29 is 13.9 Å². The topological polar surface area (TPSA) is 63.7 Å². The van der Waals surface area contributed by atoms with E-state index in [1.807, 2.05) is 28.8 Å². The molecule has 128 valence electrons. The van der Waals surface area contributed by atoms with Crippen molar-refractivity contribution in [1.29, 1.82) is 0 Å². The Hall–Kier alpha value is -2.12. The number of furan rings is 1. The van der Waals surface area contributed by atoms with E-state index in [0.717, 1.165) is 43.1 Å². The lowest BCUT2D eigenvalue weighted by Crippen LogP contribution is -2.41. The number of hydrogen-bond donors (Lipinski definition) is 0. The molecule has 7 nitrogen and oxygen atoms in total. The van der Waals surface area contributed by atoms with Crippen molar-refractivity contribution in [2.24, 2.45) is 7.05 Å². The number of hydrogen-bond acceptors (Lipinski definition) is 5. The molecule has 0 bridgehead atoms. The summed E-state index contributed by atoms with van der Waals surface area (Å²) in [5.41, 5.74) is 2.85. The number of rotatable bonds is 3. The molecule has 2 aromatic rings. The minimum atomic E-state index is 0.0367. The Kier molecular flexibility index (Phi) is 4.12. The van der Waals surface area contributed by atoms with Crippen LogP contribution in [-0.4, -0.2) is 58.3 Å². The molecule has 0 radical (unpaired) electrons. The maximum absolute atomic E-state index is 12.8. The molecule has 7 heteroatoms. The van der Waals surface area contributed by atoms with E-state index in [0.29, 0.717) is 32.0 Å². The van der Waals surface area contributed by atoms with Gasteiger partial charge in [-0.25, -0.2) is 0 Å². The van der Waals surface area contributed by atoms with E-state index in [9.17, 15) is 4.79 Å². The first kappa shape index (κ1) is 15.4. The molecule has 2 aromatic heterocycles. The highest BCUT2D eigenvalue weighted by atomic mass is 16.5. The lowest BCUT2D eigenvalue weighted by molar-refractivity contribution is 0.0297. The second kappa shape index (κ2) is 6.41. The molecule has 0 atom stereocenters. The van der Waals surface area contributed by atoms with Crippen LogP contribution in [0.3, 0.4) is 0 Å². The third kappa shape index (κ3) is 2.85. The molecule has 0 saturated carbocycles. The molecule has 1 fully saturated rings. The standard InChI is InChI=1S/C17H22N4O3/c1-19-15-12-20(11-13-3-2-8-24-13)5-4-14(15)16(18-19)17(22)21-6-9-23-10-7-21/h2-3,8H,4-7,9-12H2,1H3. The number of carbonyl (C=O) groups is 1. The van der Waals surface area contributed by atoms with Gasteiger partial charge in [-0.2, -0.15) is 5.10 Å². The molecule has 0 aromatic carbocycles. The summed E-state index contributed by atoms with van der Waals surface area (Å²) in [5.74, 6) is 1.000. The summed E-state index contributed by atoms with van der Waals surface area (Å²) >= 11 is 0. The molecule has 0 N–H and O–H groups in total. The van der Waals surface area contributed by atoms with Gasteiger partial charge < -0.3 is 14.1 Å². The van der Waals surface area contributed by atoms with Gasteiger partial charge in [-0.1, -0.05) is 0 Å². The van der Waals surface area contributed by atoms with Gasteiger partial charge in [0.2, 0.25) is 0 Å². The quantitative estimate of drug-likeness (QED) is 0.841. The number of amides is 1. The first-order chi connectivity index (χ1) is 11.7. The number of ether oxygens (including phenoxy) is 1. The third-order valence-corrected chi connectivity index (χ3v) is 4.79. The predicted octanol–water partition coefficient (Wildman–Crippen LogP) is 1.04. The summed E-state index contributed by atoms with van der Waals surface area (Å²) in [4.78, 5) is 17.0. The Morgan fingerprint density at radius 2 is 2.12 bits per heavy atom. The van der Waals surface area contributed by atoms with Crippen LogP contribution in [-0.2, 0) is 31.3 Å². The number of aromatic nitrogens is 2. The van der Waals surface area contributed by atoms with Gasteiger partial charge in [0, 0.05) is 38.8 Å². The molecule has 2 aliphatic heterocycles. The minimum Gasteiger partial charge on any atom is -0.468 e. The van der Waals surface area contributed by atoms with Crippen LogP contribution in [0.2, 0.25) is 0 Å². The summed E-state index contributed by atoms with van der Waals surface area (Å²) in [6.45, 7) is 4.99. The molecule has 4 rings (SSSR count). The Morgan fingerprint density at radius 3 is 2.88 bits per heavy atom. The number of aryl methyl sites for hydroxylation is 1. The molecule has 24 heavy (non-hydrogen) atoms. The first-order valence-electron chi connectivity index (χ1n) is 8.39. The zero-order chi connectivity index (χ0) is 16.5. The van der Waals surface area contributed by atoms with Gasteiger partial charge >= 0.3 is 0 Å². The van der Waals surface area contributed by atoms with Crippen LogP contribution in [0.1, 0.15) is 27.5 Å². The zero-order valence-electron chi connectivity index (χ0n) is 13.9. The second-order valence-electron chi connectivity index (χ2n) is 6.34. The highest BCUT2D eigenvalue weighted by Gasteiger charge is 2.30. The van der Waals surface area contributed by atoms with E-state index in [-0.39, 0.29) is 5.91 Å². The van der Waals surface area contributed by atoms with E-state index in [1.54, 1.807) is 6.26 Å². The average molecular weight is 330 g/mol. The fourth-order valence-corrected chi connectivity index (χ4v) is 3.47. The lowest BCUT2D eigenvalue weighted by atomic mass is 10.0. The highest BCUT2D eigenvalue weighted by Crippen LogP contribution is 2.24. The minimum absolute atomic E-state index is 0.0367.